The first kappa shape index (κ1) is 6.39. The molecule has 0 spiro atoms. The summed E-state index contributed by atoms with van der Waals surface area (Å²) in [5.74, 6) is 6.57. The molecule has 0 aromatic carbocycles. The van der Waals surface area contributed by atoms with E-state index in [1.165, 1.54) is 0 Å². The van der Waals surface area contributed by atoms with Crippen molar-refractivity contribution in [3.8, 4) is 0 Å². The van der Waals surface area contributed by atoms with Crippen molar-refractivity contribution in [3.63, 3.8) is 0 Å². The zero-order chi connectivity index (χ0) is 5.70. The Morgan fingerprint density at radius 1 is 1.86 bits per heavy atom. The minimum Gasteiger partial charge on any atom is -0.481 e. The first-order valence-corrected chi connectivity index (χ1v) is 1.75. The van der Waals surface area contributed by atoms with Crippen molar-refractivity contribution in [2.75, 3.05) is 6.61 Å². The van der Waals surface area contributed by atoms with Crippen molar-refractivity contribution in [1.29, 1.82) is 0 Å². The van der Waals surface area contributed by atoms with E-state index in [1.54, 1.807) is 0 Å². The van der Waals surface area contributed by atoms with Crippen LogP contribution in [-0.4, -0.2) is 17.7 Å². The van der Waals surface area contributed by atoms with Gasteiger partial charge >= 0.3 is 5.97 Å². The van der Waals surface area contributed by atoms with Crippen LogP contribution in [0.25, 0.3) is 0 Å². The average Bonchev–Trinajstić information content (AvgIpc) is 1.61. The van der Waals surface area contributed by atoms with Crippen molar-refractivity contribution < 1.29 is 14.7 Å². The van der Waals surface area contributed by atoms with Crippen LogP contribution in [0.5, 0.6) is 0 Å². The van der Waals surface area contributed by atoms with E-state index in [-0.39, 0.29) is 13.0 Å². The standard InChI is InChI=1S/C3H5NO3/c4-7-2-1-3(5)6/h1-2H2,(H,5,6). The maximum absolute atomic E-state index is 9.57. The second kappa shape index (κ2) is 3.58. The summed E-state index contributed by atoms with van der Waals surface area (Å²) in [6.45, 7) is -0.144. The molecular weight excluding hydrogens is 98.0 g/mol. The number of nitrogens with zero attached hydrogens (tertiary/aromatic N) is 1. The normalized spacial score (nSPS) is 8.71. The lowest BCUT2D eigenvalue weighted by molar-refractivity contribution is -0.138. The SMILES string of the molecule is [N]OCCC(=O)O. The molecule has 0 aliphatic rings. The van der Waals surface area contributed by atoms with E-state index in [2.05, 4.69) is 4.84 Å². The van der Waals surface area contributed by atoms with Gasteiger partial charge in [0, 0.05) is 5.90 Å². The number of carboxylic acids is 1. The van der Waals surface area contributed by atoms with Crippen LogP contribution in [0.1, 0.15) is 6.42 Å². The minimum atomic E-state index is -0.978. The Kier molecular flexibility index (Phi) is 3.26. The van der Waals surface area contributed by atoms with Crippen molar-refractivity contribution >= 4 is 5.97 Å². The Balaban J connectivity index is 2.82. The highest BCUT2D eigenvalue weighted by atomic mass is 16.6. The number of aliphatic carboxylic acids is 1. The van der Waals surface area contributed by atoms with E-state index >= 15 is 0 Å². The van der Waals surface area contributed by atoms with Gasteiger partial charge in [-0.15, -0.1) is 0 Å². The van der Waals surface area contributed by atoms with E-state index in [0.29, 0.717) is 0 Å². The predicted octanol–water partition coefficient (Wildman–Crippen LogP) is -0.539. The summed E-state index contributed by atoms with van der Waals surface area (Å²) in [6.07, 6.45) is -0.156. The predicted molar refractivity (Wildman–Crippen MR) is 20.3 cm³/mol. The minimum absolute atomic E-state index is 0.144. The zero-order valence-electron chi connectivity index (χ0n) is 3.63. The molecule has 0 saturated heterocycles. The number of rotatable bonds is 3. The first-order chi connectivity index (χ1) is 3.27. The van der Waals surface area contributed by atoms with Crippen LogP contribution in [0.4, 0.5) is 0 Å². The fourth-order valence-corrected chi connectivity index (χ4v) is 0.133. The van der Waals surface area contributed by atoms with Gasteiger partial charge in [-0.3, -0.25) is 9.63 Å². The van der Waals surface area contributed by atoms with E-state index in [9.17, 15) is 4.79 Å². The number of carboxylic acid groups (broad SMARTS) is 1. The van der Waals surface area contributed by atoms with Gasteiger partial charge < -0.3 is 5.11 Å². The van der Waals surface area contributed by atoms with Crippen molar-refractivity contribution in [2.45, 2.75) is 6.42 Å². The van der Waals surface area contributed by atoms with E-state index in [4.69, 9.17) is 11.0 Å². The third kappa shape index (κ3) is 5.39. The molecule has 0 atom stereocenters. The van der Waals surface area contributed by atoms with Crippen LogP contribution in [0.15, 0.2) is 0 Å². The van der Waals surface area contributed by atoms with Gasteiger partial charge in [-0.25, -0.2) is 0 Å². The Hall–Kier alpha value is -0.610. The summed E-state index contributed by atoms with van der Waals surface area (Å²) < 4.78 is 0. The molecule has 4 heteroatoms. The van der Waals surface area contributed by atoms with Gasteiger partial charge in [0.1, 0.15) is 0 Å². The lowest BCUT2D eigenvalue weighted by Crippen LogP contribution is -2.00. The molecule has 40 valence electrons. The van der Waals surface area contributed by atoms with Crippen molar-refractivity contribution in [1.82, 2.24) is 5.90 Å². The first-order valence-electron chi connectivity index (χ1n) is 1.75. The second-order valence-corrected chi connectivity index (χ2v) is 0.977. The van der Waals surface area contributed by atoms with Gasteiger partial charge in [0.2, 0.25) is 0 Å². The lowest BCUT2D eigenvalue weighted by atomic mass is 10.5. The fraction of sp³-hybridized carbons (Fsp3) is 0.667. The summed E-state index contributed by atoms with van der Waals surface area (Å²) in [5.41, 5.74) is 0. The summed E-state index contributed by atoms with van der Waals surface area (Å²) >= 11 is 0. The molecule has 0 aromatic heterocycles. The number of hydrogen-bond acceptors (Lipinski definition) is 2. The molecule has 0 amide bonds. The van der Waals surface area contributed by atoms with Gasteiger partial charge in [-0.1, -0.05) is 0 Å². The molecule has 7 heavy (non-hydrogen) atoms. The molecule has 0 aliphatic heterocycles. The molecule has 0 aliphatic carbocycles. The maximum atomic E-state index is 9.57. The van der Waals surface area contributed by atoms with Crippen molar-refractivity contribution in [2.24, 2.45) is 0 Å². The highest BCUT2D eigenvalue weighted by Gasteiger charge is 1.92. The molecule has 0 heterocycles. The third-order valence-electron chi connectivity index (χ3n) is 0.407. The summed E-state index contributed by atoms with van der Waals surface area (Å²) in [4.78, 5) is 13.0. The van der Waals surface area contributed by atoms with Crippen LogP contribution in [0.2, 0.25) is 0 Å². The Morgan fingerprint density at radius 2 is 2.43 bits per heavy atom. The number of hydrogen-bond donors (Lipinski definition) is 1. The van der Waals surface area contributed by atoms with E-state index in [1.807, 2.05) is 0 Å². The molecule has 0 aromatic rings. The van der Waals surface area contributed by atoms with Crippen LogP contribution in [-0.2, 0) is 9.63 Å². The highest BCUT2D eigenvalue weighted by Crippen LogP contribution is 1.75. The van der Waals surface area contributed by atoms with Crippen LogP contribution >= 0.6 is 0 Å². The quantitative estimate of drug-likeness (QED) is 0.488. The molecule has 0 saturated carbocycles. The molecule has 0 fully saturated rings. The molecule has 0 rings (SSSR count). The molecule has 1 N–H and O–H groups in total. The monoisotopic (exact) mass is 103 g/mol. The summed E-state index contributed by atoms with van der Waals surface area (Å²) in [7, 11) is 0. The van der Waals surface area contributed by atoms with Gasteiger partial charge in [-0.05, 0) is 0 Å². The largest absolute Gasteiger partial charge is 0.481 e. The molecule has 0 unspecified atom stereocenters. The average molecular weight is 103 g/mol. The third-order valence-corrected chi connectivity index (χ3v) is 0.407. The molecule has 2 radical (unpaired) electrons. The van der Waals surface area contributed by atoms with Gasteiger partial charge in [0.05, 0.1) is 13.0 Å². The summed E-state index contributed by atoms with van der Waals surface area (Å²) in [6, 6.07) is 0. The summed E-state index contributed by atoms with van der Waals surface area (Å²) in [5, 5.41) is 7.85. The topological polar surface area (TPSA) is 68.8 Å². The van der Waals surface area contributed by atoms with Gasteiger partial charge in [0.15, 0.2) is 0 Å². The fourth-order valence-electron chi connectivity index (χ4n) is 0.133. The van der Waals surface area contributed by atoms with Crippen LogP contribution < -0.4 is 5.90 Å². The van der Waals surface area contributed by atoms with E-state index in [0.717, 1.165) is 0 Å². The molecule has 4 nitrogen and oxygen atoms in total. The van der Waals surface area contributed by atoms with Crippen LogP contribution in [0.3, 0.4) is 0 Å². The molecular formula is C3H5NO3. The Labute approximate surface area is 40.8 Å². The zero-order valence-corrected chi connectivity index (χ0v) is 3.63. The second-order valence-electron chi connectivity index (χ2n) is 0.977. The Morgan fingerprint density at radius 3 is 2.57 bits per heavy atom. The van der Waals surface area contributed by atoms with Crippen LogP contribution in [0, 0.1) is 0 Å². The highest BCUT2D eigenvalue weighted by molar-refractivity contribution is 5.66. The van der Waals surface area contributed by atoms with Gasteiger partial charge in [0.25, 0.3) is 0 Å². The smallest absolute Gasteiger partial charge is 0.305 e. The Bertz CT molecular complexity index is 63.2. The number of carbonyl (C=O) groups is 1. The van der Waals surface area contributed by atoms with E-state index < -0.39 is 5.97 Å². The van der Waals surface area contributed by atoms with Crippen molar-refractivity contribution in [3.05, 3.63) is 0 Å². The molecule has 0 bridgehead atoms. The maximum Gasteiger partial charge on any atom is 0.305 e. The van der Waals surface area contributed by atoms with Gasteiger partial charge in [-0.2, -0.15) is 0 Å². The lowest BCUT2D eigenvalue weighted by Gasteiger charge is -1.85.